The number of nitrogens with one attached hydrogen (secondary N) is 1. The molecule has 0 fully saturated rings. The molecule has 0 saturated carbocycles. The summed E-state index contributed by atoms with van der Waals surface area (Å²) in [6, 6.07) is 3.52. The van der Waals surface area contributed by atoms with Crippen LogP contribution in [0.1, 0.15) is 5.69 Å². The van der Waals surface area contributed by atoms with Crippen LogP contribution in [0.2, 0.25) is 0 Å². The van der Waals surface area contributed by atoms with Crippen molar-refractivity contribution in [2.45, 2.75) is 0 Å². The first-order valence-corrected chi connectivity index (χ1v) is 2.93. The minimum atomic E-state index is -0.728. The summed E-state index contributed by atoms with van der Waals surface area (Å²) in [6.07, 6.45) is 0. The summed E-state index contributed by atoms with van der Waals surface area (Å²) >= 11 is 0. The van der Waals surface area contributed by atoms with Crippen LogP contribution in [0.25, 0.3) is 0 Å². The van der Waals surface area contributed by atoms with Crippen molar-refractivity contribution in [1.29, 1.82) is 5.26 Å². The van der Waals surface area contributed by atoms with E-state index >= 15 is 0 Å². The predicted molar refractivity (Wildman–Crippen MR) is 38.4 cm³/mol. The van der Waals surface area contributed by atoms with Gasteiger partial charge in [0, 0.05) is 12.1 Å². The van der Waals surface area contributed by atoms with Crippen LogP contribution >= 0.6 is 0 Å². The average Bonchev–Trinajstić information content (AvgIpc) is 2.03. The van der Waals surface area contributed by atoms with Crippen LogP contribution in [-0.4, -0.2) is 9.91 Å². The number of H-pyrrole nitrogens is 1. The monoisotopic (exact) mass is 165 g/mol. The highest BCUT2D eigenvalue weighted by Crippen LogP contribution is 2.11. The first-order valence-electron chi connectivity index (χ1n) is 2.93. The molecule has 0 aliphatic carbocycles. The minimum absolute atomic E-state index is 0.326. The summed E-state index contributed by atoms with van der Waals surface area (Å²) in [4.78, 5) is 22.1. The van der Waals surface area contributed by atoms with E-state index < -0.39 is 16.2 Å². The lowest BCUT2D eigenvalue weighted by Gasteiger charge is -1.91. The third kappa shape index (κ3) is 1.29. The van der Waals surface area contributed by atoms with Crippen molar-refractivity contribution in [2.24, 2.45) is 0 Å². The smallest absolute Gasteiger partial charge is 0.303 e. The minimum Gasteiger partial charge on any atom is -0.308 e. The van der Waals surface area contributed by atoms with E-state index in [1.165, 1.54) is 6.07 Å². The molecule has 0 spiro atoms. The lowest BCUT2D eigenvalue weighted by molar-refractivity contribution is -0.385. The zero-order valence-corrected chi connectivity index (χ0v) is 5.77. The zero-order valence-electron chi connectivity index (χ0n) is 5.77. The number of hydrogen-bond donors (Lipinski definition) is 1. The number of nitro groups is 1. The molecule has 0 saturated heterocycles. The predicted octanol–water partition coefficient (Wildman–Crippen LogP) is 0.155. The summed E-state index contributed by atoms with van der Waals surface area (Å²) in [7, 11) is 0. The SMILES string of the molecule is N#Cc1[nH]c(=O)ccc1[N+](=O)[O-]. The van der Waals surface area contributed by atoms with Gasteiger partial charge >= 0.3 is 5.69 Å². The van der Waals surface area contributed by atoms with E-state index in [0.29, 0.717) is 0 Å². The summed E-state index contributed by atoms with van der Waals surface area (Å²) in [5.74, 6) is 0. The van der Waals surface area contributed by atoms with E-state index in [4.69, 9.17) is 5.26 Å². The Labute approximate surface area is 66.2 Å². The van der Waals surface area contributed by atoms with E-state index in [9.17, 15) is 14.9 Å². The molecule has 1 N–H and O–H groups in total. The van der Waals surface area contributed by atoms with Crippen molar-refractivity contribution >= 4 is 5.69 Å². The molecule has 0 amide bonds. The van der Waals surface area contributed by atoms with Crippen molar-refractivity contribution in [1.82, 2.24) is 4.98 Å². The van der Waals surface area contributed by atoms with Gasteiger partial charge in [-0.15, -0.1) is 0 Å². The van der Waals surface area contributed by atoms with Crippen molar-refractivity contribution in [3.63, 3.8) is 0 Å². The Hall–Kier alpha value is -2.16. The molecule has 6 heteroatoms. The fourth-order valence-corrected chi connectivity index (χ4v) is 0.704. The van der Waals surface area contributed by atoms with Gasteiger partial charge in [-0.2, -0.15) is 5.26 Å². The third-order valence-electron chi connectivity index (χ3n) is 1.21. The summed E-state index contributed by atoms with van der Waals surface area (Å²) in [5.41, 5.74) is -1.25. The molecule has 0 unspecified atom stereocenters. The number of aromatic nitrogens is 1. The highest BCUT2D eigenvalue weighted by atomic mass is 16.6. The maximum absolute atomic E-state index is 10.6. The fraction of sp³-hybridized carbons (Fsp3) is 0. The van der Waals surface area contributed by atoms with Gasteiger partial charge in [0.2, 0.25) is 5.56 Å². The molecule has 0 aliphatic heterocycles. The van der Waals surface area contributed by atoms with Crippen LogP contribution in [0.5, 0.6) is 0 Å². The molecule has 6 nitrogen and oxygen atoms in total. The Morgan fingerprint density at radius 2 is 2.25 bits per heavy atom. The molecule has 0 aliphatic rings. The molecule has 0 radical (unpaired) electrons. The number of hydrogen-bond acceptors (Lipinski definition) is 4. The quantitative estimate of drug-likeness (QED) is 0.472. The van der Waals surface area contributed by atoms with Crippen LogP contribution in [0.4, 0.5) is 5.69 Å². The first kappa shape index (κ1) is 7.94. The molecule has 0 aromatic carbocycles. The number of nitriles is 1. The summed E-state index contributed by atoms with van der Waals surface area (Å²) in [5, 5.41) is 18.6. The molecule has 1 aromatic heterocycles. The van der Waals surface area contributed by atoms with Gasteiger partial charge in [0.25, 0.3) is 0 Å². The van der Waals surface area contributed by atoms with Crippen LogP contribution < -0.4 is 5.56 Å². The number of aromatic amines is 1. The molecule has 0 atom stereocenters. The number of rotatable bonds is 1. The van der Waals surface area contributed by atoms with E-state index in [-0.39, 0.29) is 5.69 Å². The average molecular weight is 165 g/mol. The summed E-state index contributed by atoms with van der Waals surface area (Å²) in [6.45, 7) is 0. The van der Waals surface area contributed by atoms with Gasteiger partial charge in [0.1, 0.15) is 6.07 Å². The molecular formula is C6H3N3O3. The molecule has 1 aromatic rings. The third-order valence-corrected chi connectivity index (χ3v) is 1.21. The zero-order chi connectivity index (χ0) is 9.14. The van der Waals surface area contributed by atoms with Gasteiger partial charge in [-0.05, 0) is 0 Å². The van der Waals surface area contributed by atoms with Crippen molar-refractivity contribution in [3.05, 3.63) is 38.3 Å². The second-order valence-electron chi connectivity index (χ2n) is 1.95. The van der Waals surface area contributed by atoms with Gasteiger partial charge in [0.15, 0.2) is 5.69 Å². The Morgan fingerprint density at radius 3 is 2.75 bits per heavy atom. The van der Waals surface area contributed by atoms with Gasteiger partial charge in [0.05, 0.1) is 4.92 Å². The van der Waals surface area contributed by atoms with Gasteiger partial charge < -0.3 is 4.98 Å². The van der Waals surface area contributed by atoms with Crippen LogP contribution in [-0.2, 0) is 0 Å². The fourth-order valence-electron chi connectivity index (χ4n) is 0.704. The molecule has 1 rings (SSSR count). The van der Waals surface area contributed by atoms with Crippen LogP contribution in [0.15, 0.2) is 16.9 Å². The van der Waals surface area contributed by atoms with E-state index in [0.717, 1.165) is 12.1 Å². The topological polar surface area (TPSA) is 99.8 Å². The van der Waals surface area contributed by atoms with Gasteiger partial charge in [-0.25, -0.2) is 0 Å². The Kier molecular flexibility index (Phi) is 1.88. The second kappa shape index (κ2) is 2.84. The molecule has 1 heterocycles. The first-order chi connectivity index (χ1) is 5.65. The largest absolute Gasteiger partial charge is 0.308 e. The highest BCUT2D eigenvalue weighted by Gasteiger charge is 2.12. The molecule has 12 heavy (non-hydrogen) atoms. The van der Waals surface area contributed by atoms with Gasteiger partial charge in [-0.1, -0.05) is 0 Å². The Balaban J connectivity index is 3.42. The molecule has 0 bridgehead atoms. The number of pyridine rings is 1. The van der Waals surface area contributed by atoms with Crippen molar-refractivity contribution < 1.29 is 4.92 Å². The van der Waals surface area contributed by atoms with Crippen LogP contribution in [0, 0.1) is 21.4 Å². The van der Waals surface area contributed by atoms with Crippen LogP contribution in [0.3, 0.4) is 0 Å². The summed E-state index contributed by atoms with van der Waals surface area (Å²) < 4.78 is 0. The lowest BCUT2D eigenvalue weighted by Crippen LogP contribution is -2.07. The highest BCUT2D eigenvalue weighted by molar-refractivity contribution is 5.42. The van der Waals surface area contributed by atoms with Crippen molar-refractivity contribution in [2.75, 3.05) is 0 Å². The normalized spacial score (nSPS) is 8.92. The molecular weight excluding hydrogens is 162 g/mol. The Morgan fingerprint density at radius 1 is 1.58 bits per heavy atom. The second-order valence-corrected chi connectivity index (χ2v) is 1.95. The molecule has 60 valence electrons. The standard InChI is InChI=1S/C6H3N3O3/c7-3-4-5(9(11)12)1-2-6(10)8-4/h1-2H,(H,8,10). The van der Waals surface area contributed by atoms with Gasteiger partial charge in [-0.3, -0.25) is 14.9 Å². The van der Waals surface area contributed by atoms with E-state index in [1.54, 1.807) is 0 Å². The lowest BCUT2D eigenvalue weighted by atomic mass is 10.3. The van der Waals surface area contributed by atoms with E-state index in [2.05, 4.69) is 0 Å². The number of nitrogens with zero attached hydrogens (tertiary/aromatic N) is 2. The maximum Gasteiger partial charge on any atom is 0.303 e. The Bertz CT molecular complexity index is 415. The maximum atomic E-state index is 10.6. The van der Waals surface area contributed by atoms with Crippen molar-refractivity contribution in [3.8, 4) is 6.07 Å². The van der Waals surface area contributed by atoms with E-state index in [1.807, 2.05) is 4.98 Å².